The SMILES string of the molecule is CCC[C@H](C)C(=O)N1c2ccccc2CO[C@@H]1[C@H](C)O[Si](c1ccccc1)(c1ccccc1)C(C)(C)C. The van der Waals surface area contributed by atoms with E-state index in [1.165, 1.54) is 10.4 Å². The molecule has 0 saturated heterocycles. The molecule has 4 rings (SSSR count). The van der Waals surface area contributed by atoms with Crippen LogP contribution in [-0.2, 0) is 20.6 Å². The van der Waals surface area contributed by atoms with E-state index in [0.29, 0.717) is 6.61 Å². The summed E-state index contributed by atoms with van der Waals surface area (Å²) in [6.07, 6.45) is 0.941. The second-order valence-electron chi connectivity index (χ2n) is 11.2. The van der Waals surface area contributed by atoms with Crippen LogP contribution in [0.25, 0.3) is 0 Å². The van der Waals surface area contributed by atoms with Gasteiger partial charge in [0.1, 0.15) is 0 Å². The number of anilines is 1. The third-order valence-corrected chi connectivity index (χ3v) is 12.6. The first-order chi connectivity index (χ1) is 17.7. The molecule has 3 aromatic rings. The van der Waals surface area contributed by atoms with Crippen LogP contribution in [0.4, 0.5) is 5.69 Å². The zero-order valence-electron chi connectivity index (χ0n) is 23.1. The molecule has 0 saturated carbocycles. The second kappa shape index (κ2) is 11.3. The van der Waals surface area contributed by atoms with Crippen molar-refractivity contribution >= 4 is 30.3 Å². The molecule has 1 amide bonds. The van der Waals surface area contributed by atoms with Crippen LogP contribution in [-0.4, -0.2) is 26.6 Å². The van der Waals surface area contributed by atoms with Crippen molar-refractivity contribution in [3.8, 4) is 0 Å². The molecular formula is C32H41NO3Si. The number of amides is 1. The van der Waals surface area contributed by atoms with E-state index in [2.05, 4.69) is 95.3 Å². The van der Waals surface area contributed by atoms with Crippen LogP contribution in [0.3, 0.4) is 0 Å². The van der Waals surface area contributed by atoms with Gasteiger partial charge in [-0.2, -0.15) is 0 Å². The molecule has 0 radical (unpaired) electrons. The Hall–Kier alpha value is -2.73. The Bertz CT molecular complexity index is 1140. The lowest BCUT2D eigenvalue weighted by Crippen LogP contribution is -2.69. The first kappa shape index (κ1) is 27.3. The van der Waals surface area contributed by atoms with Crippen molar-refractivity contribution < 1.29 is 14.0 Å². The van der Waals surface area contributed by atoms with Gasteiger partial charge in [-0.05, 0) is 34.8 Å². The van der Waals surface area contributed by atoms with Gasteiger partial charge in [-0.25, -0.2) is 0 Å². The Morgan fingerprint density at radius 1 is 0.946 bits per heavy atom. The van der Waals surface area contributed by atoms with Crippen LogP contribution < -0.4 is 15.3 Å². The highest BCUT2D eigenvalue weighted by Crippen LogP contribution is 2.40. The fourth-order valence-electron chi connectivity index (χ4n) is 5.67. The largest absolute Gasteiger partial charge is 0.400 e. The summed E-state index contributed by atoms with van der Waals surface area (Å²) in [7, 11) is -2.81. The van der Waals surface area contributed by atoms with E-state index in [9.17, 15) is 4.79 Å². The predicted octanol–water partition coefficient (Wildman–Crippen LogP) is 6.28. The fraction of sp³-hybridized carbons (Fsp3) is 0.406. The molecule has 0 spiro atoms. The number of benzene rings is 3. The van der Waals surface area contributed by atoms with Crippen LogP contribution in [0.2, 0.25) is 5.04 Å². The third-order valence-electron chi connectivity index (χ3n) is 7.48. The summed E-state index contributed by atoms with van der Waals surface area (Å²) in [6, 6.07) is 29.3. The van der Waals surface area contributed by atoms with Gasteiger partial charge >= 0.3 is 0 Å². The molecule has 3 atom stereocenters. The fourth-order valence-corrected chi connectivity index (χ4v) is 10.4. The maximum absolute atomic E-state index is 13.9. The van der Waals surface area contributed by atoms with Gasteiger partial charge in [0.25, 0.3) is 8.32 Å². The van der Waals surface area contributed by atoms with Crippen molar-refractivity contribution in [1.29, 1.82) is 0 Å². The molecule has 1 aliphatic rings. The highest BCUT2D eigenvalue weighted by atomic mass is 28.4. The Kier molecular flexibility index (Phi) is 8.37. The molecule has 1 aliphatic heterocycles. The summed E-state index contributed by atoms with van der Waals surface area (Å²) >= 11 is 0. The Morgan fingerprint density at radius 3 is 2.03 bits per heavy atom. The molecule has 0 aromatic heterocycles. The molecule has 0 aliphatic carbocycles. The van der Waals surface area contributed by atoms with Gasteiger partial charge in [0.2, 0.25) is 5.91 Å². The molecule has 0 fully saturated rings. The first-order valence-corrected chi connectivity index (χ1v) is 15.4. The lowest BCUT2D eigenvalue weighted by Gasteiger charge is -2.48. The minimum Gasteiger partial charge on any atom is -0.400 e. The minimum absolute atomic E-state index is 0.0943. The summed E-state index contributed by atoms with van der Waals surface area (Å²) < 4.78 is 13.8. The van der Waals surface area contributed by atoms with Gasteiger partial charge in [-0.15, -0.1) is 0 Å². The highest BCUT2D eigenvalue weighted by Gasteiger charge is 2.52. The average Bonchev–Trinajstić information content (AvgIpc) is 2.91. The molecule has 0 bridgehead atoms. The maximum atomic E-state index is 13.9. The Morgan fingerprint density at radius 2 is 1.49 bits per heavy atom. The number of carbonyl (C=O) groups is 1. The summed E-state index contributed by atoms with van der Waals surface area (Å²) in [4.78, 5) is 15.7. The molecule has 1 heterocycles. The molecule has 5 heteroatoms. The molecule has 37 heavy (non-hydrogen) atoms. The molecule has 0 N–H and O–H groups in total. The van der Waals surface area contributed by atoms with E-state index >= 15 is 0 Å². The zero-order chi connectivity index (χ0) is 26.6. The highest BCUT2D eigenvalue weighted by molar-refractivity contribution is 6.99. The van der Waals surface area contributed by atoms with Gasteiger partial charge < -0.3 is 9.16 Å². The van der Waals surface area contributed by atoms with Gasteiger partial charge in [-0.1, -0.05) is 120 Å². The summed E-state index contributed by atoms with van der Waals surface area (Å²) in [6.45, 7) is 13.5. The lowest BCUT2D eigenvalue weighted by atomic mass is 10.0. The van der Waals surface area contributed by atoms with Crippen molar-refractivity contribution in [3.63, 3.8) is 0 Å². The molecule has 3 aromatic carbocycles. The standard InChI is InChI=1S/C32H41NO3Si/c1-7-16-24(2)30(34)33-29-22-15-14-17-26(29)23-35-31(33)25(3)36-37(32(4,5)6,27-18-10-8-11-19-27)28-20-12-9-13-21-28/h8-15,17-22,24-25,31H,7,16,23H2,1-6H3/t24-,25-,31+/m0/s1. The molecule has 4 nitrogen and oxygen atoms in total. The predicted molar refractivity (Wildman–Crippen MR) is 155 cm³/mol. The third kappa shape index (κ3) is 5.31. The van der Waals surface area contributed by atoms with Crippen LogP contribution >= 0.6 is 0 Å². The monoisotopic (exact) mass is 515 g/mol. The quantitative estimate of drug-likeness (QED) is 0.332. The summed E-state index contributed by atoms with van der Waals surface area (Å²) in [5.74, 6) is -0.000724. The van der Waals surface area contributed by atoms with E-state index in [4.69, 9.17) is 9.16 Å². The number of hydrogen-bond donors (Lipinski definition) is 0. The first-order valence-electron chi connectivity index (χ1n) is 13.5. The Balaban J connectivity index is 1.81. The second-order valence-corrected chi connectivity index (χ2v) is 15.5. The number of rotatable bonds is 8. The smallest absolute Gasteiger partial charge is 0.261 e. The number of carbonyl (C=O) groups excluding carboxylic acids is 1. The number of fused-ring (bicyclic) bond motifs is 1. The lowest BCUT2D eigenvalue weighted by molar-refractivity contribution is -0.128. The average molecular weight is 516 g/mol. The minimum atomic E-state index is -2.81. The molecular weight excluding hydrogens is 474 g/mol. The number of ether oxygens (including phenoxy) is 1. The van der Waals surface area contributed by atoms with E-state index in [1.54, 1.807) is 0 Å². The van der Waals surface area contributed by atoms with Gasteiger partial charge in [0.05, 0.1) is 18.4 Å². The van der Waals surface area contributed by atoms with E-state index in [0.717, 1.165) is 24.1 Å². The van der Waals surface area contributed by atoms with Crippen molar-refractivity contribution in [2.24, 2.45) is 5.92 Å². The number of nitrogens with zero attached hydrogens (tertiary/aromatic N) is 1. The summed E-state index contributed by atoms with van der Waals surface area (Å²) in [5, 5.41) is 2.27. The number of para-hydroxylation sites is 1. The number of hydrogen-bond acceptors (Lipinski definition) is 3. The van der Waals surface area contributed by atoms with Gasteiger partial charge in [0, 0.05) is 11.5 Å². The van der Waals surface area contributed by atoms with E-state index < -0.39 is 14.5 Å². The van der Waals surface area contributed by atoms with Gasteiger partial charge in [-0.3, -0.25) is 9.69 Å². The molecule has 196 valence electrons. The van der Waals surface area contributed by atoms with E-state index in [1.807, 2.05) is 36.1 Å². The van der Waals surface area contributed by atoms with Crippen molar-refractivity contribution in [2.75, 3.05) is 4.90 Å². The normalized spacial score (nSPS) is 17.7. The maximum Gasteiger partial charge on any atom is 0.261 e. The van der Waals surface area contributed by atoms with Crippen molar-refractivity contribution in [1.82, 2.24) is 0 Å². The van der Waals surface area contributed by atoms with Crippen LogP contribution in [0, 0.1) is 5.92 Å². The van der Waals surface area contributed by atoms with E-state index in [-0.39, 0.29) is 23.0 Å². The van der Waals surface area contributed by atoms with Crippen LogP contribution in [0.15, 0.2) is 84.9 Å². The zero-order valence-corrected chi connectivity index (χ0v) is 24.1. The summed E-state index contributed by atoms with van der Waals surface area (Å²) in [5.41, 5.74) is 1.97. The van der Waals surface area contributed by atoms with Crippen molar-refractivity contribution in [2.45, 2.75) is 78.4 Å². The van der Waals surface area contributed by atoms with Gasteiger partial charge in [0.15, 0.2) is 6.23 Å². The Labute approximate surface area is 223 Å². The van der Waals surface area contributed by atoms with Crippen molar-refractivity contribution in [3.05, 3.63) is 90.5 Å². The topological polar surface area (TPSA) is 38.8 Å². The molecule has 0 unspecified atom stereocenters. The van der Waals surface area contributed by atoms with Crippen LogP contribution in [0.5, 0.6) is 0 Å². The van der Waals surface area contributed by atoms with Crippen LogP contribution in [0.1, 0.15) is 59.9 Å².